The SMILES string of the molecule is CCC(C#N)NC(=O)c1cc(C2CC2)nc2ccccc12. The van der Waals surface area contributed by atoms with Crippen molar-refractivity contribution in [2.45, 2.75) is 38.1 Å². The van der Waals surface area contributed by atoms with Gasteiger partial charge in [0.15, 0.2) is 0 Å². The number of para-hydroxylation sites is 1. The van der Waals surface area contributed by atoms with Gasteiger partial charge in [0, 0.05) is 17.0 Å². The summed E-state index contributed by atoms with van der Waals surface area (Å²) in [4.78, 5) is 17.1. The minimum Gasteiger partial charge on any atom is -0.336 e. The summed E-state index contributed by atoms with van der Waals surface area (Å²) in [5, 5.41) is 12.6. The maximum atomic E-state index is 12.5. The van der Waals surface area contributed by atoms with Gasteiger partial charge < -0.3 is 5.32 Å². The normalized spacial score (nSPS) is 15.4. The van der Waals surface area contributed by atoms with Crippen LogP contribution >= 0.6 is 0 Å². The lowest BCUT2D eigenvalue weighted by Crippen LogP contribution is -2.33. The molecule has 1 aromatic heterocycles. The predicted molar refractivity (Wildman–Crippen MR) is 80.9 cm³/mol. The summed E-state index contributed by atoms with van der Waals surface area (Å²) in [6, 6.07) is 11.2. The smallest absolute Gasteiger partial charge is 0.253 e. The number of carbonyl (C=O) groups excluding carboxylic acids is 1. The van der Waals surface area contributed by atoms with E-state index >= 15 is 0 Å². The van der Waals surface area contributed by atoms with Crippen LogP contribution in [0.4, 0.5) is 0 Å². The maximum Gasteiger partial charge on any atom is 0.253 e. The number of benzene rings is 1. The number of hydrogen-bond acceptors (Lipinski definition) is 3. The molecule has 0 bridgehead atoms. The molecule has 1 aliphatic rings. The second-order valence-corrected chi connectivity index (χ2v) is 5.45. The zero-order chi connectivity index (χ0) is 14.8. The standard InChI is InChI=1S/C17H17N3O/c1-2-12(10-18)19-17(21)14-9-16(11-7-8-11)20-15-6-4-3-5-13(14)15/h3-6,9,11-12H,2,7-8H2,1H3,(H,19,21). The Morgan fingerprint density at radius 3 is 2.90 bits per heavy atom. The van der Waals surface area contributed by atoms with Crippen LogP contribution in [0.25, 0.3) is 10.9 Å². The number of nitriles is 1. The molecule has 0 saturated heterocycles. The fourth-order valence-electron chi connectivity index (χ4n) is 2.43. The third-order valence-electron chi connectivity index (χ3n) is 3.85. The highest BCUT2D eigenvalue weighted by molar-refractivity contribution is 6.06. The number of rotatable bonds is 4. The molecule has 4 heteroatoms. The number of fused-ring (bicyclic) bond motifs is 1. The van der Waals surface area contributed by atoms with E-state index in [2.05, 4.69) is 16.4 Å². The van der Waals surface area contributed by atoms with Gasteiger partial charge in [-0.2, -0.15) is 5.26 Å². The summed E-state index contributed by atoms with van der Waals surface area (Å²) in [5.41, 5.74) is 2.46. The highest BCUT2D eigenvalue weighted by Crippen LogP contribution is 2.40. The number of nitrogens with zero attached hydrogens (tertiary/aromatic N) is 2. The van der Waals surface area contributed by atoms with Crippen LogP contribution in [0.2, 0.25) is 0 Å². The molecule has 0 radical (unpaired) electrons. The van der Waals surface area contributed by atoms with Gasteiger partial charge in [-0.15, -0.1) is 0 Å². The summed E-state index contributed by atoms with van der Waals surface area (Å²) in [6.07, 6.45) is 2.88. The summed E-state index contributed by atoms with van der Waals surface area (Å²) >= 11 is 0. The average molecular weight is 279 g/mol. The molecule has 0 spiro atoms. The fraction of sp³-hybridized carbons (Fsp3) is 0.353. The lowest BCUT2D eigenvalue weighted by Gasteiger charge is -2.12. The molecule has 21 heavy (non-hydrogen) atoms. The van der Waals surface area contributed by atoms with E-state index in [9.17, 15) is 4.79 Å². The van der Waals surface area contributed by atoms with Crippen molar-refractivity contribution in [3.63, 3.8) is 0 Å². The number of aromatic nitrogens is 1. The first kappa shape index (κ1) is 13.6. The molecule has 1 fully saturated rings. The monoisotopic (exact) mass is 279 g/mol. The van der Waals surface area contributed by atoms with Gasteiger partial charge >= 0.3 is 0 Å². The molecule has 106 valence electrons. The van der Waals surface area contributed by atoms with Gasteiger partial charge in [0.25, 0.3) is 5.91 Å². The van der Waals surface area contributed by atoms with Crippen molar-refractivity contribution in [1.29, 1.82) is 5.26 Å². The first-order chi connectivity index (χ1) is 10.2. The van der Waals surface area contributed by atoms with E-state index in [1.807, 2.05) is 37.3 Å². The Morgan fingerprint density at radius 1 is 1.48 bits per heavy atom. The summed E-state index contributed by atoms with van der Waals surface area (Å²) in [7, 11) is 0. The van der Waals surface area contributed by atoms with Crippen molar-refractivity contribution in [3.8, 4) is 6.07 Å². The van der Waals surface area contributed by atoms with Crippen molar-refractivity contribution in [3.05, 3.63) is 41.6 Å². The van der Waals surface area contributed by atoms with Gasteiger partial charge in [-0.3, -0.25) is 9.78 Å². The van der Waals surface area contributed by atoms with E-state index in [1.54, 1.807) is 0 Å². The molecule has 0 aliphatic heterocycles. The second-order valence-electron chi connectivity index (χ2n) is 5.45. The lowest BCUT2D eigenvalue weighted by molar-refractivity contribution is 0.0946. The number of pyridine rings is 1. The van der Waals surface area contributed by atoms with E-state index < -0.39 is 6.04 Å². The third-order valence-corrected chi connectivity index (χ3v) is 3.85. The zero-order valence-electron chi connectivity index (χ0n) is 12.0. The van der Waals surface area contributed by atoms with Crippen LogP contribution in [0.5, 0.6) is 0 Å². The van der Waals surface area contributed by atoms with E-state index in [1.165, 1.54) is 0 Å². The van der Waals surface area contributed by atoms with Crippen molar-refractivity contribution < 1.29 is 4.79 Å². The Kier molecular flexibility index (Phi) is 3.57. The van der Waals surface area contributed by atoms with Crippen molar-refractivity contribution in [1.82, 2.24) is 10.3 Å². The Hall–Kier alpha value is -2.41. The Labute approximate surface area is 123 Å². The summed E-state index contributed by atoms with van der Waals surface area (Å²) < 4.78 is 0. The quantitative estimate of drug-likeness (QED) is 0.935. The lowest BCUT2D eigenvalue weighted by atomic mass is 10.0. The molecule has 1 amide bonds. The molecular formula is C17H17N3O. The maximum absolute atomic E-state index is 12.5. The van der Waals surface area contributed by atoms with E-state index in [0.29, 0.717) is 17.9 Å². The van der Waals surface area contributed by atoms with E-state index in [0.717, 1.165) is 29.4 Å². The number of hydrogen-bond donors (Lipinski definition) is 1. The molecule has 1 heterocycles. The van der Waals surface area contributed by atoms with Gasteiger partial charge in [-0.25, -0.2) is 0 Å². The van der Waals surface area contributed by atoms with Gasteiger partial charge in [-0.1, -0.05) is 25.1 Å². The molecule has 4 nitrogen and oxygen atoms in total. The number of carbonyl (C=O) groups is 1. The first-order valence-corrected chi connectivity index (χ1v) is 7.33. The molecule has 2 aromatic rings. The average Bonchev–Trinajstić information content (AvgIpc) is 3.36. The molecular weight excluding hydrogens is 262 g/mol. The Balaban J connectivity index is 2.03. The molecule has 1 aliphatic carbocycles. The van der Waals surface area contributed by atoms with Crippen molar-refractivity contribution >= 4 is 16.8 Å². The topological polar surface area (TPSA) is 65.8 Å². The summed E-state index contributed by atoms with van der Waals surface area (Å²) in [5.74, 6) is 0.294. The molecule has 3 rings (SSSR count). The van der Waals surface area contributed by atoms with Crippen LogP contribution in [-0.2, 0) is 0 Å². The highest BCUT2D eigenvalue weighted by atomic mass is 16.1. The van der Waals surface area contributed by atoms with Gasteiger partial charge in [0.05, 0.1) is 17.1 Å². The molecule has 1 atom stereocenters. The van der Waals surface area contributed by atoms with Crippen LogP contribution in [0, 0.1) is 11.3 Å². The van der Waals surface area contributed by atoms with Gasteiger partial charge in [-0.05, 0) is 31.4 Å². The molecule has 1 aromatic carbocycles. The Bertz CT molecular complexity index is 728. The minimum atomic E-state index is -0.450. The summed E-state index contributed by atoms with van der Waals surface area (Å²) in [6.45, 7) is 1.88. The molecule has 1 N–H and O–H groups in total. The van der Waals surface area contributed by atoms with Gasteiger partial charge in [0.1, 0.15) is 6.04 Å². The molecule has 1 saturated carbocycles. The number of amides is 1. The van der Waals surface area contributed by atoms with Crippen LogP contribution in [-0.4, -0.2) is 16.9 Å². The van der Waals surface area contributed by atoms with Crippen LogP contribution in [0.15, 0.2) is 30.3 Å². The Morgan fingerprint density at radius 2 is 2.24 bits per heavy atom. The van der Waals surface area contributed by atoms with E-state index in [4.69, 9.17) is 5.26 Å². The minimum absolute atomic E-state index is 0.191. The van der Waals surface area contributed by atoms with Gasteiger partial charge in [0.2, 0.25) is 0 Å². The fourth-order valence-corrected chi connectivity index (χ4v) is 2.43. The zero-order valence-corrected chi connectivity index (χ0v) is 12.0. The van der Waals surface area contributed by atoms with Crippen molar-refractivity contribution in [2.75, 3.05) is 0 Å². The van der Waals surface area contributed by atoms with E-state index in [-0.39, 0.29) is 5.91 Å². The van der Waals surface area contributed by atoms with Crippen LogP contribution < -0.4 is 5.32 Å². The third kappa shape index (κ3) is 2.73. The van der Waals surface area contributed by atoms with Crippen LogP contribution in [0.3, 0.4) is 0 Å². The van der Waals surface area contributed by atoms with Crippen LogP contribution in [0.1, 0.15) is 48.2 Å². The number of nitrogens with one attached hydrogen (secondary N) is 1. The highest BCUT2D eigenvalue weighted by Gasteiger charge is 2.27. The predicted octanol–water partition coefficient (Wildman–Crippen LogP) is 3.14. The molecule has 1 unspecified atom stereocenters. The van der Waals surface area contributed by atoms with Crippen molar-refractivity contribution in [2.24, 2.45) is 0 Å². The largest absolute Gasteiger partial charge is 0.336 e. The second kappa shape index (κ2) is 5.53. The first-order valence-electron chi connectivity index (χ1n) is 7.33.